The molecule has 12 heteroatoms. The highest BCUT2D eigenvalue weighted by Gasteiger charge is 2.19. The maximum atomic E-state index is 12.5. The van der Waals surface area contributed by atoms with Crippen LogP contribution in [0.2, 0.25) is 10.0 Å². The third-order valence-corrected chi connectivity index (χ3v) is 6.67. The second-order valence-corrected chi connectivity index (χ2v) is 9.96. The minimum atomic E-state index is -3.60. The summed E-state index contributed by atoms with van der Waals surface area (Å²) < 4.78 is 28.5. The number of hydrogen-bond acceptors (Lipinski definition) is 7. The van der Waals surface area contributed by atoms with Crippen LogP contribution in [0.5, 0.6) is 0 Å². The van der Waals surface area contributed by atoms with Crippen molar-refractivity contribution >= 4 is 61.7 Å². The van der Waals surface area contributed by atoms with E-state index in [9.17, 15) is 18.5 Å². The molecule has 1 amide bonds. The predicted octanol–water partition coefficient (Wildman–Crippen LogP) is 4.20. The van der Waals surface area contributed by atoms with E-state index in [1.165, 1.54) is 6.08 Å². The van der Waals surface area contributed by atoms with Crippen LogP contribution >= 0.6 is 34.7 Å². The number of aromatic nitrogens is 3. The first-order valence-corrected chi connectivity index (χ1v) is 12.0. The van der Waals surface area contributed by atoms with Crippen LogP contribution in [0, 0.1) is 25.2 Å². The third-order valence-electron chi connectivity index (χ3n) is 4.27. The molecule has 0 spiro atoms. The summed E-state index contributed by atoms with van der Waals surface area (Å²) >= 11 is 13.2. The summed E-state index contributed by atoms with van der Waals surface area (Å²) in [6.07, 6.45) is 2.40. The molecule has 0 unspecified atom stereocenters. The van der Waals surface area contributed by atoms with E-state index in [0.29, 0.717) is 32.8 Å². The van der Waals surface area contributed by atoms with Crippen LogP contribution in [0.1, 0.15) is 17.0 Å². The Bertz CT molecular complexity index is 1370. The molecule has 2 aromatic heterocycles. The van der Waals surface area contributed by atoms with Gasteiger partial charge >= 0.3 is 0 Å². The molecule has 0 saturated heterocycles. The minimum Gasteiger partial charge on any atom is -0.316 e. The van der Waals surface area contributed by atoms with Crippen molar-refractivity contribution in [1.82, 2.24) is 13.9 Å². The highest BCUT2D eigenvalue weighted by atomic mass is 35.5. The Labute approximate surface area is 192 Å². The molecular weight excluding hydrogens is 481 g/mol. The molecule has 0 aliphatic heterocycles. The van der Waals surface area contributed by atoms with Crippen molar-refractivity contribution < 1.29 is 13.2 Å². The van der Waals surface area contributed by atoms with Gasteiger partial charge in [-0.25, -0.2) is 8.42 Å². The summed E-state index contributed by atoms with van der Waals surface area (Å²) in [4.78, 5) is 16.3. The molecule has 160 valence electrons. The van der Waals surface area contributed by atoms with Crippen molar-refractivity contribution in [2.24, 2.45) is 0 Å². The van der Waals surface area contributed by atoms with Gasteiger partial charge in [0, 0.05) is 29.2 Å². The second-order valence-electron chi connectivity index (χ2n) is 6.51. The van der Waals surface area contributed by atoms with Crippen molar-refractivity contribution in [2.45, 2.75) is 19.0 Å². The number of rotatable bonds is 5. The van der Waals surface area contributed by atoms with Gasteiger partial charge in [0.2, 0.25) is 15.0 Å². The first-order chi connectivity index (χ1) is 14.5. The number of carbonyl (C=O) groups is 1. The van der Waals surface area contributed by atoms with Crippen LogP contribution in [-0.2, 0) is 14.6 Å². The number of sulfone groups is 1. The van der Waals surface area contributed by atoms with Crippen LogP contribution in [0.15, 0.2) is 35.0 Å². The van der Waals surface area contributed by atoms with E-state index in [1.54, 1.807) is 12.1 Å². The van der Waals surface area contributed by atoms with E-state index in [1.807, 2.05) is 36.6 Å². The fraction of sp³-hybridized carbons (Fsp3) is 0.158. The number of anilines is 1. The van der Waals surface area contributed by atoms with E-state index in [4.69, 9.17) is 23.2 Å². The van der Waals surface area contributed by atoms with Crippen LogP contribution < -0.4 is 5.32 Å². The third kappa shape index (κ3) is 4.80. The molecular formula is C19H15Cl2N5O3S2. The topological polar surface area (TPSA) is 118 Å². The Morgan fingerprint density at radius 2 is 2.03 bits per heavy atom. The summed E-state index contributed by atoms with van der Waals surface area (Å²) in [7, 11) is -3.60. The lowest BCUT2D eigenvalue weighted by atomic mass is 10.1. The molecule has 0 radical (unpaired) electrons. The first kappa shape index (κ1) is 23.0. The highest BCUT2D eigenvalue weighted by Crippen LogP contribution is 2.32. The van der Waals surface area contributed by atoms with Crippen molar-refractivity contribution in [2.75, 3.05) is 11.6 Å². The Morgan fingerprint density at radius 1 is 1.32 bits per heavy atom. The maximum absolute atomic E-state index is 12.5. The normalized spacial score (nSPS) is 11.9. The van der Waals surface area contributed by atoms with E-state index in [-0.39, 0.29) is 10.7 Å². The SMILES string of the molecule is Cc1cc(C=C(C#N)C(=O)Nc2nc(S(C)(=O)=O)ns2)c(C)n1-c1cccc(Cl)c1Cl. The number of nitriles is 1. The summed E-state index contributed by atoms with van der Waals surface area (Å²) in [6.45, 7) is 3.69. The number of hydrogen-bond donors (Lipinski definition) is 1. The maximum Gasteiger partial charge on any atom is 0.268 e. The van der Waals surface area contributed by atoms with Gasteiger partial charge in [-0.3, -0.25) is 10.1 Å². The number of carbonyl (C=O) groups excluding carboxylic acids is 1. The van der Waals surface area contributed by atoms with E-state index in [0.717, 1.165) is 17.6 Å². The van der Waals surface area contributed by atoms with E-state index < -0.39 is 20.9 Å². The largest absolute Gasteiger partial charge is 0.316 e. The van der Waals surface area contributed by atoms with Gasteiger partial charge < -0.3 is 4.57 Å². The number of amides is 1. The molecule has 0 fully saturated rings. The molecule has 2 heterocycles. The lowest BCUT2D eigenvalue weighted by Crippen LogP contribution is -2.13. The number of nitrogens with zero attached hydrogens (tertiary/aromatic N) is 4. The Hall–Kier alpha value is -2.71. The van der Waals surface area contributed by atoms with Gasteiger partial charge in [0.1, 0.15) is 11.6 Å². The predicted molar refractivity (Wildman–Crippen MR) is 121 cm³/mol. The van der Waals surface area contributed by atoms with Crippen LogP contribution in [-0.4, -0.2) is 34.5 Å². The van der Waals surface area contributed by atoms with Crippen molar-refractivity contribution in [3.63, 3.8) is 0 Å². The standard InChI is InChI=1S/C19H15Cl2N5O3S2/c1-10-7-12(11(2)26(10)15-6-4-5-14(20)16(15)21)8-13(9-22)17(27)23-18-24-19(25-30-18)31(3,28)29/h4-8H,1-3H3,(H,23,24,25,27). The monoisotopic (exact) mass is 495 g/mol. The molecule has 0 aliphatic carbocycles. The van der Waals surface area contributed by atoms with E-state index >= 15 is 0 Å². The average Bonchev–Trinajstić information content (AvgIpc) is 3.27. The lowest BCUT2D eigenvalue weighted by Gasteiger charge is -2.12. The minimum absolute atomic E-state index is 0.0252. The van der Waals surface area contributed by atoms with Gasteiger partial charge in [-0.05, 0) is 43.7 Å². The van der Waals surface area contributed by atoms with Crippen LogP contribution in [0.25, 0.3) is 11.8 Å². The number of nitrogens with one attached hydrogen (secondary N) is 1. The molecule has 1 N–H and O–H groups in total. The Morgan fingerprint density at radius 3 is 2.65 bits per heavy atom. The number of halogens is 2. The Kier molecular flexibility index (Phi) is 6.52. The molecule has 8 nitrogen and oxygen atoms in total. The number of benzene rings is 1. The van der Waals surface area contributed by atoms with Gasteiger partial charge in [-0.2, -0.15) is 14.6 Å². The molecule has 3 rings (SSSR count). The van der Waals surface area contributed by atoms with Crippen LogP contribution in [0.3, 0.4) is 0 Å². The fourth-order valence-corrected chi connectivity index (χ4v) is 4.67. The summed E-state index contributed by atoms with van der Waals surface area (Å²) in [6, 6.07) is 8.94. The average molecular weight is 496 g/mol. The smallest absolute Gasteiger partial charge is 0.268 e. The highest BCUT2D eigenvalue weighted by molar-refractivity contribution is 7.90. The summed E-state index contributed by atoms with van der Waals surface area (Å²) in [5.74, 6) is -0.732. The molecule has 3 aromatic rings. The summed E-state index contributed by atoms with van der Waals surface area (Å²) in [5, 5.41) is 12.3. The van der Waals surface area contributed by atoms with Crippen molar-refractivity contribution in [1.29, 1.82) is 5.26 Å². The Balaban J connectivity index is 1.94. The zero-order valence-corrected chi connectivity index (χ0v) is 19.6. The molecule has 0 saturated carbocycles. The van der Waals surface area contributed by atoms with Gasteiger partial charge in [-0.15, -0.1) is 0 Å². The van der Waals surface area contributed by atoms with Crippen molar-refractivity contribution in [3.05, 3.63) is 56.8 Å². The quantitative estimate of drug-likeness (QED) is 0.418. The zero-order chi connectivity index (χ0) is 22.9. The molecule has 0 aliphatic rings. The molecule has 31 heavy (non-hydrogen) atoms. The van der Waals surface area contributed by atoms with Gasteiger partial charge in [0.15, 0.2) is 0 Å². The van der Waals surface area contributed by atoms with Crippen molar-refractivity contribution in [3.8, 4) is 11.8 Å². The van der Waals surface area contributed by atoms with Crippen LogP contribution in [0.4, 0.5) is 5.13 Å². The lowest BCUT2D eigenvalue weighted by molar-refractivity contribution is -0.112. The number of aryl methyl sites for hydroxylation is 1. The van der Waals surface area contributed by atoms with Gasteiger partial charge in [-0.1, -0.05) is 29.3 Å². The second kappa shape index (κ2) is 8.80. The molecule has 0 bridgehead atoms. The first-order valence-electron chi connectivity index (χ1n) is 8.63. The molecule has 0 atom stereocenters. The van der Waals surface area contributed by atoms with Gasteiger partial charge in [0.05, 0.1) is 15.7 Å². The zero-order valence-electron chi connectivity index (χ0n) is 16.5. The fourth-order valence-electron chi connectivity index (χ4n) is 2.85. The summed E-state index contributed by atoms with van der Waals surface area (Å²) in [5.41, 5.74) is 2.70. The van der Waals surface area contributed by atoms with Gasteiger partial charge in [0.25, 0.3) is 11.1 Å². The molecule has 1 aromatic carbocycles. The van der Waals surface area contributed by atoms with E-state index in [2.05, 4.69) is 14.7 Å².